The van der Waals surface area contributed by atoms with Crippen LogP contribution in [0.5, 0.6) is 0 Å². The summed E-state index contributed by atoms with van der Waals surface area (Å²) in [6, 6.07) is 123. The Kier molecular flexibility index (Phi) is 17.1. The number of rotatable bonds is 6. The monoisotopic (exact) mass is 1460 g/mol. The van der Waals surface area contributed by atoms with Gasteiger partial charge in [0.05, 0.1) is 53.9 Å². The zero-order chi connectivity index (χ0) is 77.2. The lowest BCUT2D eigenvalue weighted by Gasteiger charge is -2.10. The predicted octanol–water partition coefficient (Wildman–Crippen LogP) is 28.4. The van der Waals surface area contributed by atoms with Crippen LogP contribution in [0.15, 0.2) is 352 Å². The van der Waals surface area contributed by atoms with Gasteiger partial charge in [0.15, 0.2) is 22.7 Å². The summed E-state index contributed by atoms with van der Waals surface area (Å²) >= 11 is 0. The normalized spacial score (nSPS) is 11.3. The van der Waals surface area contributed by atoms with Crippen molar-refractivity contribution in [3.05, 3.63) is 398 Å². The maximum absolute atomic E-state index is 7.43. The Morgan fingerprint density at radius 1 is 0.167 bits per heavy atom. The number of hydrogen-bond donors (Lipinski definition) is 0. The van der Waals surface area contributed by atoms with E-state index < -0.39 is 0 Å². The van der Waals surface area contributed by atoms with Gasteiger partial charge in [0.2, 0.25) is 0 Å². The maximum Gasteiger partial charge on any atom is 0.189 e. The van der Waals surface area contributed by atoms with Crippen LogP contribution < -0.4 is 0 Å². The molecule has 16 aromatic carbocycles. The molecule has 536 valence electrons. The van der Waals surface area contributed by atoms with Crippen LogP contribution in [0.1, 0.15) is 0 Å². The van der Waals surface area contributed by atoms with Crippen molar-refractivity contribution >= 4 is 154 Å². The molecule has 0 aliphatic rings. The van der Waals surface area contributed by atoms with Gasteiger partial charge in [-0.25, -0.2) is 19.4 Å². The van der Waals surface area contributed by atoms with Crippen molar-refractivity contribution in [2.24, 2.45) is 28.2 Å². The van der Waals surface area contributed by atoms with Gasteiger partial charge in [-0.3, -0.25) is 0 Å². The molecule has 10 nitrogen and oxygen atoms in total. The van der Waals surface area contributed by atoms with E-state index in [0.29, 0.717) is 22.7 Å². The highest BCUT2D eigenvalue weighted by Crippen LogP contribution is 2.42. The van der Waals surface area contributed by atoms with E-state index in [0.717, 1.165) is 44.2 Å². The molecule has 0 unspecified atom stereocenters. The molecule has 0 aliphatic heterocycles. The van der Waals surface area contributed by atoms with Crippen molar-refractivity contribution in [1.82, 2.24) is 27.4 Å². The summed E-state index contributed by atoms with van der Waals surface area (Å²) in [4.78, 5) is 14.4. The van der Waals surface area contributed by atoms with Crippen LogP contribution in [-0.4, -0.2) is 27.4 Å². The summed E-state index contributed by atoms with van der Waals surface area (Å²) in [6.07, 6.45) is 0. The first-order chi connectivity index (χ1) is 56.0. The minimum Gasteiger partial charge on any atom is -0.345 e. The highest BCUT2D eigenvalue weighted by Gasteiger charge is 2.19. The Morgan fingerprint density at radius 2 is 0.430 bits per heavy atom. The van der Waals surface area contributed by atoms with Crippen LogP contribution in [0, 0.1) is 26.3 Å². The quantitative estimate of drug-likeness (QED) is 0.149. The Hall–Kier alpha value is -15.7. The molecule has 6 heterocycles. The Bertz CT molecular complexity index is 7730. The van der Waals surface area contributed by atoms with E-state index in [4.69, 9.17) is 26.3 Å². The van der Waals surface area contributed by atoms with Gasteiger partial charge in [-0.05, 0) is 183 Å². The van der Waals surface area contributed by atoms with E-state index in [1.165, 1.54) is 143 Å². The van der Waals surface area contributed by atoms with Gasteiger partial charge >= 0.3 is 0 Å². The smallest absolute Gasteiger partial charge is 0.189 e. The number of nitrogens with zero attached hydrogens (tertiary/aromatic N) is 10. The standard InChI is InChI=1S/C32H21N3.C26H17N3.C26H18N2.C20H14N2/c1-33-23-15-17-30-28(20-23)27-19-22(14-16-29(27)34(30)2)21-8-7-9-24(18-21)35-31-12-5-3-10-25(31)26-11-4-6-13-32(26)35;1-27-17-11-14-23-22(15-17)21-13-12-18(16-26(21)28(23)2)29-24-9-5-3-7-19(24)20-8-4-6-10-25(20)29;1-27-22-12-13-23-24-16-21(11-14-25(24)28(2)26(23)17-22)20-10-6-9-19(15-20)18-7-4-3-5-8-18;1-21-16-9-10-17-18-12-15(14-6-4-3-5-7-14)8-11-19(18)22(2)20(17)13-16/h3-20H,2H3;3-16H,2H3;3-17H,2H3;3-13H,2H3. The summed E-state index contributed by atoms with van der Waals surface area (Å²) < 4.78 is 13.4. The molecule has 114 heavy (non-hydrogen) atoms. The molecule has 0 bridgehead atoms. The molecule has 22 aromatic rings. The first kappa shape index (κ1) is 68.8. The number of hydrogen-bond acceptors (Lipinski definition) is 0. The average Bonchev–Trinajstić information content (AvgIpc) is 1.62. The van der Waals surface area contributed by atoms with Gasteiger partial charge in [-0.1, -0.05) is 224 Å². The van der Waals surface area contributed by atoms with Gasteiger partial charge in [0.1, 0.15) is 0 Å². The first-order valence-corrected chi connectivity index (χ1v) is 37.9. The van der Waals surface area contributed by atoms with Crippen molar-refractivity contribution < 1.29 is 0 Å². The number of para-hydroxylation sites is 4. The number of benzene rings is 16. The maximum atomic E-state index is 7.43. The summed E-state index contributed by atoms with van der Waals surface area (Å²) in [7, 11) is 8.30. The summed E-state index contributed by atoms with van der Waals surface area (Å²) in [5.41, 5.74) is 28.7. The van der Waals surface area contributed by atoms with Gasteiger partial charge in [-0.15, -0.1) is 0 Å². The minimum absolute atomic E-state index is 0.670. The van der Waals surface area contributed by atoms with Crippen molar-refractivity contribution in [3.63, 3.8) is 0 Å². The molecule has 6 aromatic heterocycles. The second kappa shape index (κ2) is 28.4. The Balaban J connectivity index is 0.000000103. The minimum atomic E-state index is 0.670. The van der Waals surface area contributed by atoms with E-state index in [1.807, 2.05) is 72.8 Å². The molecule has 0 aliphatic carbocycles. The van der Waals surface area contributed by atoms with Crippen molar-refractivity contribution in [3.8, 4) is 55.9 Å². The summed E-state index contributed by atoms with van der Waals surface area (Å²) in [5.74, 6) is 0. The highest BCUT2D eigenvalue weighted by atomic mass is 15.0. The van der Waals surface area contributed by atoms with Crippen molar-refractivity contribution in [1.29, 1.82) is 0 Å². The fourth-order valence-corrected chi connectivity index (χ4v) is 17.1. The lowest BCUT2D eigenvalue weighted by atomic mass is 9.98. The van der Waals surface area contributed by atoms with Crippen LogP contribution in [0.2, 0.25) is 0 Å². The Labute approximate surface area is 658 Å². The van der Waals surface area contributed by atoms with E-state index >= 15 is 0 Å². The predicted molar refractivity (Wildman–Crippen MR) is 477 cm³/mol. The largest absolute Gasteiger partial charge is 0.345 e. The third-order valence-corrected chi connectivity index (χ3v) is 22.7. The Morgan fingerprint density at radius 3 is 0.851 bits per heavy atom. The van der Waals surface area contributed by atoms with Crippen molar-refractivity contribution in [2.75, 3.05) is 0 Å². The SMILES string of the molecule is [C-]#[N+]c1ccc2c(c1)c1cc(-c3cccc(-n4c5ccccc5c5ccccc54)c3)ccc1n2C.[C-]#[N+]c1ccc2c(c1)c1ccc(-n3c4ccccc4c4ccccc43)cc1n2C.[C-]#[N+]c1ccc2c3cc(-c4cccc(-c5ccccc5)c4)ccc3n(C)c2c1.[C-]#[N+]c1ccc2c3cc(-c4ccccc4)ccc3n(C)c2c1. The molecule has 0 amide bonds. The van der Waals surface area contributed by atoms with Gasteiger partial charge in [-0.2, -0.15) is 0 Å². The summed E-state index contributed by atoms with van der Waals surface area (Å²) in [6.45, 7) is 29.2. The lowest BCUT2D eigenvalue weighted by molar-refractivity contribution is 1.01. The molecule has 0 saturated carbocycles. The molecule has 0 saturated heterocycles. The molecule has 0 fully saturated rings. The van der Waals surface area contributed by atoms with E-state index in [1.54, 1.807) is 0 Å². The zero-order valence-electron chi connectivity index (χ0n) is 63.0. The highest BCUT2D eigenvalue weighted by molar-refractivity contribution is 6.15. The second-order valence-electron chi connectivity index (χ2n) is 29.0. The molecule has 10 heteroatoms. The van der Waals surface area contributed by atoms with Gasteiger partial charge < -0.3 is 27.4 Å². The van der Waals surface area contributed by atoms with Crippen LogP contribution in [0.25, 0.3) is 206 Å². The molecule has 0 N–H and O–H groups in total. The summed E-state index contributed by atoms with van der Waals surface area (Å²) in [5, 5.41) is 14.5. The number of aromatic nitrogens is 6. The van der Waals surface area contributed by atoms with E-state index in [9.17, 15) is 0 Å². The third-order valence-electron chi connectivity index (χ3n) is 22.7. The van der Waals surface area contributed by atoms with Gasteiger partial charge in [0, 0.05) is 132 Å². The first-order valence-electron chi connectivity index (χ1n) is 37.9. The average molecular weight is 1460 g/mol. The molecule has 0 radical (unpaired) electrons. The fraction of sp³-hybridized carbons (Fsp3) is 0.0385. The second-order valence-corrected chi connectivity index (χ2v) is 29.0. The topological polar surface area (TPSA) is 47.0 Å². The lowest BCUT2D eigenvalue weighted by Crippen LogP contribution is -1.94. The molecular weight excluding hydrogens is 1390 g/mol. The number of fused-ring (bicyclic) bond motifs is 18. The van der Waals surface area contributed by atoms with E-state index in [-0.39, 0.29) is 0 Å². The molecule has 0 spiro atoms. The molecule has 22 rings (SSSR count). The molecule has 0 atom stereocenters. The third kappa shape index (κ3) is 11.8. The van der Waals surface area contributed by atoms with Crippen LogP contribution in [0.4, 0.5) is 22.7 Å². The van der Waals surface area contributed by atoms with E-state index in [2.05, 4.69) is 354 Å². The number of aryl methyl sites for hydroxylation is 4. The van der Waals surface area contributed by atoms with Crippen LogP contribution in [-0.2, 0) is 28.2 Å². The fourth-order valence-electron chi connectivity index (χ4n) is 17.1. The van der Waals surface area contributed by atoms with Crippen LogP contribution >= 0.6 is 0 Å². The van der Waals surface area contributed by atoms with Crippen LogP contribution in [0.3, 0.4) is 0 Å². The van der Waals surface area contributed by atoms with Gasteiger partial charge in [0.25, 0.3) is 0 Å². The molecular formula is C104H70N10. The van der Waals surface area contributed by atoms with Crippen molar-refractivity contribution in [2.45, 2.75) is 0 Å². The zero-order valence-corrected chi connectivity index (χ0v) is 63.0.